The lowest BCUT2D eigenvalue weighted by molar-refractivity contribution is -0.121. The average molecular weight is 417 g/mol. The van der Waals surface area contributed by atoms with Crippen molar-refractivity contribution in [2.75, 3.05) is 31.5 Å². The van der Waals surface area contributed by atoms with Crippen molar-refractivity contribution in [3.05, 3.63) is 63.6 Å². The van der Waals surface area contributed by atoms with Gasteiger partial charge in [-0.15, -0.1) is 0 Å². The standard InChI is InChI=1S/C21H22Cl2N4O/c1-15(21(28)25-20-7-6-18(22)12-19(20)23)27-10-8-26(9-11-27)14-17-4-2-16(13-24)3-5-17/h2-7,12,15H,8-11,14H2,1H3,(H,25,28)/t15-/m1/s1. The summed E-state index contributed by atoms with van der Waals surface area (Å²) in [4.78, 5) is 17.1. The normalized spacial score (nSPS) is 16.4. The van der Waals surface area contributed by atoms with Crippen molar-refractivity contribution in [2.45, 2.75) is 19.5 Å². The number of hydrogen-bond acceptors (Lipinski definition) is 4. The minimum absolute atomic E-state index is 0.0789. The number of halogens is 2. The third-order valence-electron chi connectivity index (χ3n) is 5.01. The summed E-state index contributed by atoms with van der Waals surface area (Å²) < 4.78 is 0. The molecule has 28 heavy (non-hydrogen) atoms. The predicted molar refractivity (Wildman–Crippen MR) is 113 cm³/mol. The highest BCUT2D eigenvalue weighted by atomic mass is 35.5. The quantitative estimate of drug-likeness (QED) is 0.799. The molecule has 2 aromatic carbocycles. The Bertz CT molecular complexity index is 871. The third kappa shape index (κ3) is 5.24. The maximum atomic E-state index is 12.6. The number of carbonyl (C=O) groups is 1. The van der Waals surface area contributed by atoms with Gasteiger partial charge in [-0.1, -0.05) is 35.3 Å². The zero-order chi connectivity index (χ0) is 20.1. The molecule has 1 saturated heterocycles. The molecule has 3 rings (SSSR count). The lowest BCUT2D eigenvalue weighted by Gasteiger charge is -2.37. The fourth-order valence-electron chi connectivity index (χ4n) is 3.25. The number of carbonyl (C=O) groups excluding carboxylic acids is 1. The molecule has 0 bridgehead atoms. The summed E-state index contributed by atoms with van der Waals surface area (Å²) in [6.45, 7) is 6.17. The molecule has 0 aromatic heterocycles. The average Bonchev–Trinajstić information content (AvgIpc) is 2.70. The summed E-state index contributed by atoms with van der Waals surface area (Å²) in [6.07, 6.45) is 0. The third-order valence-corrected chi connectivity index (χ3v) is 5.56. The van der Waals surface area contributed by atoms with Gasteiger partial charge in [-0.25, -0.2) is 0 Å². The van der Waals surface area contributed by atoms with E-state index in [1.54, 1.807) is 18.2 Å². The first-order valence-corrected chi connectivity index (χ1v) is 9.93. The maximum Gasteiger partial charge on any atom is 0.241 e. The Morgan fingerprint density at radius 2 is 1.82 bits per heavy atom. The highest BCUT2D eigenvalue weighted by molar-refractivity contribution is 6.36. The molecule has 0 spiro atoms. The largest absolute Gasteiger partial charge is 0.323 e. The maximum absolute atomic E-state index is 12.6. The lowest BCUT2D eigenvalue weighted by Crippen LogP contribution is -2.52. The SMILES string of the molecule is C[C@H](C(=O)Nc1ccc(Cl)cc1Cl)N1CCN(Cc2ccc(C#N)cc2)CC1. The van der Waals surface area contributed by atoms with Gasteiger partial charge in [-0.3, -0.25) is 14.6 Å². The smallest absolute Gasteiger partial charge is 0.241 e. The molecule has 146 valence electrons. The number of nitrogens with one attached hydrogen (secondary N) is 1. The molecule has 1 N–H and O–H groups in total. The second kappa shape index (κ2) is 9.40. The zero-order valence-electron chi connectivity index (χ0n) is 15.7. The van der Waals surface area contributed by atoms with E-state index in [0.29, 0.717) is 21.3 Å². The van der Waals surface area contributed by atoms with Crippen LogP contribution in [-0.4, -0.2) is 47.9 Å². The number of benzene rings is 2. The molecule has 0 radical (unpaired) electrons. The van der Waals surface area contributed by atoms with Crippen molar-refractivity contribution in [1.82, 2.24) is 9.80 Å². The van der Waals surface area contributed by atoms with Gasteiger partial charge in [0.25, 0.3) is 0 Å². The van der Waals surface area contributed by atoms with Crippen molar-refractivity contribution in [3.63, 3.8) is 0 Å². The second-order valence-corrected chi connectivity index (χ2v) is 7.75. The van der Waals surface area contributed by atoms with Crippen LogP contribution >= 0.6 is 23.2 Å². The Kier molecular flexibility index (Phi) is 6.93. The minimum Gasteiger partial charge on any atom is -0.323 e. The molecule has 0 unspecified atom stereocenters. The molecule has 1 aliphatic rings. The van der Waals surface area contributed by atoms with Crippen LogP contribution in [0, 0.1) is 11.3 Å². The van der Waals surface area contributed by atoms with E-state index in [2.05, 4.69) is 21.2 Å². The van der Waals surface area contributed by atoms with Crippen molar-refractivity contribution < 1.29 is 4.79 Å². The van der Waals surface area contributed by atoms with Crippen molar-refractivity contribution in [2.24, 2.45) is 0 Å². The van der Waals surface area contributed by atoms with E-state index in [0.717, 1.165) is 32.7 Å². The van der Waals surface area contributed by atoms with Crippen LogP contribution in [0.15, 0.2) is 42.5 Å². The number of anilines is 1. The number of hydrogen-bond donors (Lipinski definition) is 1. The van der Waals surface area contributed by atoms with Crippen LogP contribution in [0.4, 0.5) is 5.69 Å². The number of nitriles is 1. The summed E-state index contributed by atoms with van der Waals surface area (Å²) in [5.74, 6) is -0.0789. The Morgan fingerprint density at radius 3 is 2.43 bits per heavy atom. The topological polar surface area (TPSA) is 59.4 Å². The van der Waals surface area contributed by atoms with Crippen LogP contribution < -0.4 is 5.32 Å². The molecule has 7 heteroatoms. The van der Waals surface area contributed by atoms with Gasteiger partial charge in [0.15, 0.2) is 0 Å². The Hall–Kier alpha value is -2.10. The molecule has 1 amide bonds. The first kappa shape index (κ1) is 20.6. The molecule has 1 fully saturated rings. The summed E-state index contributed by atoms with van der Waals surface area (Å²) in [5.41, 5.74) is 2.44. The number of piperazine rings is 1. The van der Waals surface area contributed by atoms with Crippen LogP contribution in [0.3, 0.4) is 0 Å². The summed E-state index contributed by atoms with van der Waals surface area (Å²) >= 11 is 12.0. The summed E-state index contributed by atoms with van der Waals surface area (Å²) in [7, 11) is 0. The van der Waals surface area contributed by atoms with Gasteiger partial charge in [0.2, 0.25) is 5.91 Å². The van der Waals surface area contributed by atoms with Crippen LogP contribution in [0.25, 0.3) is 0 Å². The molecule has 5 nitrogen and oxygen atoms in total. The molecule has 1 heterocycles. The van der Waals surface area contributed by atoms with Gasteiger partial charge in [0, 0.05) is 37.7 Å². The van der Waals surface area contributed by atoms with Crippen molar-refractivity contribution in [1.29, 1.82) is 5.26 Å². The fraction of sp³-hybridized carbons (Fsp3) is 0.333. The number of nitrogens with zero attached hydrogens (tertiary/aromatic N) is 3. The van der Waals surface area contributed by atoms with Gasteiger partial charge in [-0.2, -0.15) is 5.26 Å². The van der Waals surface area contributed by atoms with E-state index >= 15 is 0 Å². The van der Waals surface area contributed by atoms with Crippen molar-refractivity contribution in [3.8, 4) is 6.07 Å². The van der Waals surface area contributed by atoms with E-state index in [4.69, 9.17) is 28.5 Å². The van der Waals surface area contributed by atoms with E-state index in [1.807, 2.05) is 31.2 Å². The van der Waals surface area contributed by atoms with Crippen LogP contribution in [0.2, 0.25) is 10.0 Å². The van der Waals surface area contributed by atoms with E-state index < -0.39 is 0 Å². The minimum atomic E-state index is -0.246. The molecule has 2 aromatic rings. The van der Waals surface area contributed by atoms with Crippen molar-refractivity contribution >= 4 is 34.8 Å². The number of rotatable bonds is 5. The predicted octanol–water partition coefficient (Wildman–Crippen LogP) is 4.01. The van der Waals surface area contributed by atoms with E-state index in [1.165, 1.54) is 5.56 Å². The molecule has 1 aliphatic heterocycles. The molecule has 0 saturated carbocycles. The van der Waals surface area contributed by atoms with Crippen LogP contribution in [-0.2, 0) is 11.3 Å². The number of amides is 1. The Morgan fingerprint density at radius 1 is 1.14 bits per heavy atom. The van der Waals surface area contributed by atoms with Gasteiger partial charge in [0.1, 0.15) is 0 Å². The zero-order valence-corrected chi connectivity index (χ0v) is 17.2. The first-order chi connectivity index (χ1) is 13.5. The monoisotopic (exact) mass is 416 g/mol. The van der Waals surface area contributed by atoms with Gasteiger partial charge in [-0.05, 0) is 42.8 Å². The summed E-state index contributed by atoms with van der Waals surface area (Å²) in [5, 5.41) is 12.7. The molecular weight excluding hydrogens is 395 g/mol. The highest BCUT2D eigenvalue weighted by Gasteiger charge is 2.26. The fourth-order valence-corrected chi connectivity index (χ4v) is 3.70. The summed E-state index contributed by atoms with van der Waals surface area (Å²) in [6, 6.07) is 14.6. The first-order valence-electron chi connectivity index (χ1n) is 9.17. The lowest BCUT2D eigenvalue weighted by atomic mass is 10.1. The van der Waals surface area contributed by atoms with Gasteiger partial charge >= 0.3 is 0 Å². The van der Waals surface area contributed by atoms with Crippen LogP contribution in [0.5, 0.6) is 0 Å². The molecule has 0 aliphatic carbocycles. The second-order valence-electron chi connectivity index (χ2n) is 6.91. The Balaban J connectivity index is 1.50. The van der Waals surface area contributed by atoms with Gasteiger partial charge in [0.05, 0.1) is 28.4 Å². The van der Waals surface area contributed by atoms with E-state index in [9.17, 15) is 4.79 Å². The Labute approximate surface area is 175 Å². The van der Waals surface area contributed by atoms with E-state index in [-0.39, 0.29) is 11.9 Å². The van der Waals surface area contributed by atoms with Gasteiger partial charge < -0.3 is 5.32 Å². The molecular formula is C21H22Cl2N4O. The van der Waals surface area contributed by atoms with Crippen LogP contribution in [0.1, 0.15) is 18.1 Å². The molecule has 1 atom stereocenters. The highest BCUT2D eigenvalue weighted by Crippen LogP contribution is 2.25.